The minimum atomic E-state index is -1.08. The predicted octanol–water partition coefficient (Wildman–Crippen LogP) is 4.06. The van der Waals surface area contributed by atoms with Gasteiger partial charge in [-0.05, 0) is 17.5 Å². The van der Waals surface area contributed by atoms with Crippen molar-refractivity contribution in [1.82, 2.24) is 10.6 Å². The molecule has 32 heavy (non-hydrogen) atoms. The molecule has 0 fully saturated rings. The van der Waals surface area contributed by atoms with Crippen LogP contribution in [0.1, 0.15) is 50.2 Å². The van der Waals surface area contributed by atoms with Crippen molar-refractivity contribution < 1.29 is 24.2 Å². The average molecular weight is 441 g/mol. The zero-order valence-corrected chi connectivity index (χ0v) is 18.5. The molecular weight excluding hydrogens is 408 g/mol. The first kappa shape index (κ1) is 24.9. The Labute approximate surface area is 189 Å². The topological polar surface area (TPSA) is 105 Å². The number of carbonyl (C=O) groups excluding carboxylic acids is 2. The number of benzene rings is 2. The van der Waals surface area contributed by atoms with E-state index in [1.54, 1.807) is 0 Å². The Bertz CT molecular complexity index is 842. The number of hydrogen-bond donors (Lipinski definition) is 3. The molecule has 2 atom stereocenters. The number of rotatable bonds is 13. The molecule has 2 aromatic carbocycles. The van der Waals surface area contributed by atoms with E-state index in [-0.39, 0.29) is 13.0 Å². The quantitative estimate of drug-likeness (QED) is 0.407. The highest BCUT2D eigenvalue weighted by Crippen LogP contribution is 2.09. The van der Waals surface area contributed by atoms with E-state index in [1.165, 1.54) is 0 Å². The Morgan fingerprint density at radius 2 is 1.47 bits per heavy atom. The minimum absolute atomic E-state index is 0.0710. The number of unbranched alkanes of at least 4 members (excludes halogenated alkanes) is 3. The molecule has 0 aromatic heterocycles. The lowest BCUT2D eigenvalue weighted by atomic mass is 10.0. The molecule has 0 aliphatic heterocycles. The molecular formula is C25H32N2O5. The summed E-state index contributed by atoms with van der Waals surface area (Å²) in [7, 11) is 0. The van der Waals surface area contributed by atoms with Crippen molar-refractivity contribution in [3.8, 4) is 0 Å². The van der Waals surface area contributed by atoms with E-state index in [2.05, 4.69) is 17.6 Å². The van der Waals surface area contributed by atoms with Crippen LogP contribution in [0.3, 0.4) is 0 Å². The van der Waals surface area contributed by atoms with Crippen LogP contribution in [0.5, 0.6) is 0 Å². The van der Waals surface area contributed by atoms with Crippen molar-refractivity contribution in [3.63, 3.8) is 0 Å². The summed E-state index contributed by atoms with van der Waals surface area (Å²) in [5.41, 5.74) is 1.66. The van der Waals surface area contributed by atoms with Crippen LogP contribution in [0.4, 0.5) is 4.79 Å². The van der Waals surface area contributed by atoms with E-state index in [0.29, 0.717) is 12.8 Å². The lowest BCUT2D eigenvalue weighted by molar-refractivity contribution is -0.142. The van der Waals surface area contributed by atoms with Gasteiger partial charge in [0.2, 0.25) is 5.91 Å². The van der Waals surface area contributed by atoms with Crippen LogP contribution in [-0.2, 0) is 27.4 Å². The molecule has 0 aliphatic rings. The van der Waals surface area contributed by atoms with Crippen LogP contribution in [0.25, 0.3) is 0 Å². The fourth-order valence-corrected chi connectivity index (χ4v) is 3.27. The second-order valence-electron chi connectivity index (χ2n) is 7.70. The van der Waals surface area contributed by atoms with Gasteiger partial charge in [0.1, 0.15) is 18.7 Å². The van der Waals surface area contributed by atoms with Crippen molar-refractivity contribution in [2.24, 2.45) is 0 Å². The van der Waals surface area contributed by atoms with E-state index in [4.69, 9.17) is 4.74 Å². The summed E-state index contributed by atoms with van der Waals surface area (Å²) in [5.74, 6) is -1.63. The van der Waals surface area contributed by atoms with E-state index in [0.717, 1.165) is 30.4 Å². The maximum absolute atomic E-state index is 12.9. The highest BCUT2D eigenvalue weighted by molar-refractivity contribution is 5.89. The zero-order valence-electron chi connectivity index (χ0n) is 18.5. The SMILES string of the molecule is CCCCCC[C@H](NC(=O)[C@H](Cc1ccccc1)NC(=O)OCc1ccccc1)C(=O)O. The van der Waals surface area contributed by atoms with Crippen LogP contribution in [-0.4, -0.2) is 35.2 Å². The van der Waals surface area contributed by atoms with Gasteiger partial charge in [0.05, 0.1) is 0 Å². The van der Waals surface area contributed by atoms with Gasteiger partial charge in [0.25, 0.3) is 0 Å². The van der Waals surface area contributed by atoms with E-state index < -0.39 is 30.1 Å². The maximum Gasteiger partial charge on any atom is 0.408 e. The molecule has 7 heteroatoms. The summed E-state index contributed by atoms with van der Waals surface area (Å²) in [4.78, 5) is 36.9. The van der Waals surface area contributed by atoms with Crippen molar-refractivity contribution >= 4 is 18.0 Å². The molecule has 2 rings (SSSR count). The molecule has 172 valence electrons. The third kappa shape index (κ3) is 9.20. The lowest BCUT2D eigenvalue weighted by Gasteiger charge is -2.21. The average Bonchev–Trinajstić information content (AvgIpc) is 2.80. The number of alkyl carbamates (subject to hydrolysis) is 1. The fraction of sp³-hybridized carbons (Fsp3) is 0.400. The summed E-state index contributed by atoms with van der Waals surface area (Å²) in [6, 6.07) is 16.5. The van der Waals surface area contributed by atoms with Crippen LogP contribution >= 0.6 is 0 Å². The Kier molecular flexibility index (Phi) is 10.8. The number of aliphatic carboxylic acids is 1. The lowest BCUT2D eigenvalue weighted by Crippen LogP contribution is -2.52. The van der Waals surface area contributed by atoms with Crippen LogP contribution in [0, 0.1) is 0 Å². The van der Waals surface area contributed by atoms with Crippen molar-refractivity contribution in [1.29, 1.82) is 0 Å². The summed E-state index contributed by atoms with van der Waals surface area (Å²) < 4.78 is 5.24. The van der Waals surface area contributed by atoms with Crippen molar-refractivity contribution in [3.05, 3.63) is 71.8 Å². The van der Waals surface area contributed by atoms with Gasteiger partial charge in [-0.15, -0.1) is 0 Å². The van der Waals surface area contributed by atoms with Crippen molar-refractivity contribution in [2.75, 3.05) is 0 Å². The highest BCUT2D eigenvalue weighted by Gasteiger charge is 2.27. The number of carboxylic acids is 1. The van der Waals surface area contributed by atoms with Crippen LogP contribution < -0.4 is 10.6 Å². The van der Waals surface area contributed by atoms with Gasteiger partial charge in [-0.3, -0.25) is 4.79 Å². The third-order valence-electron chi connectivity index (χ3n) is 5.06. The molecule has 7 nitrogen and oxygen atoms in total. The standard InChI is InChI=1S/C25H32N2O5/c1-2-3-4-11-16-21(24(29)30)26-23(28)22(17-19-12-7-5-8-13-19)27-25(31)32-18-20-14-9-6-10-15-20/h5-10,12-15,21-22H,2-4,11,16-18H2,1H3,(H,26,28)(H,27,31)(H,29,30)/t21-,22-/m0/s1. The van der Waals surface area contributed by atoms with Gasteiger partial charge in [0.15, 0.2) is 0 Å². The first-order chi connectivity index (χ1) is 15.5. The van der Waals surface area contributed by atoms with Gasteiger partial charge in [-0.25, -0.2) is 9.59 Å². The molecule has 0 spiro atoms. The second-order valence-corrected chi connectivity index (χ2v) is 7.70. The molecule has 2 amide bonds. The third-order valence-corrected chi connectivity index (χ3v) is 5.06. The van der Waals surface area contributed by atoms with E-state index >= 15 is 0 Å². The normalized spacial score (nSPS) is 12.4. The molecule has 0 bridgehead atoms. The first-order valence-corrected chi connectivity index (χ1v) is 11.0. The van der Waals surface area contributed by atoms with Gasteiger partial charge >= 0.3 is 12.1 Å². The number of carbonyl (C=O) groups is 3. The largest absolute Gasteiger partial charge is 0.480 e. The Morgan fingerprint density at radius 1 is 0.844 bits per heavy atom. The molecule has 0 radical (unpaired) electrons. The van der Waals surface area contributed by atoms with Gasteiger partial charge in [-0.1, -0.05) is 93.3 Å². The first-order valence-electron chi connectivity index (χ1n) is 11.0. The molecule has 0 aliphatic carbocycles. The van der Waals surface area contributed by atoms with Gasteiger partial charge < -0.3 is 20.5 Å². The molecule has 3 N–H and O–H groups in total. The highest BCUT2D eigenvalue weighted by atomic mass is 16.5. The summed E-state index contributed by atoms with van der Waals surface area (Å²) in [5, 5.41) is 14.7. The van der Waals surface area contributed by atoms with Crippen molar-refractivity contribution in [2.45, 2.75) is 64.1 Å². The summed E-state index contributed by atoms with van der Waals surface area (Å²) >= 11 is 0. The number of nitrogens with one attached hydrogen (secondary N) is 2. The monoisotopic (exact) mass is 440 g/mol. The van der Waals surface area contributed by atoms with Gasteiger partial charge in [-0.2, -0.15) is 0 Å². The van der Waals surface area contributed by atoms with E-state index in [1.807, 2.05) is 60.7 Å². The number of amides is 2. The summed E-state index contributed by atoms with van der Waals surface area (Å²) in [6.45, 7) is 2.15. The molecule has 2 aromatic rings. The molecule has 0 unspecified atom stereocenters. The Hall–Kier alpha value is -3.35. The van der Waals surface area contributed by atoms with E-state index in [9.17, 15) is 19.5 Å². The zero-order chi connectivity index (χ0) is 23.2. The molecule has 0 heterocycles. The Balaban J connectivity index is 2.01. The molecule has 0 saturated heterocycles. The summed E-state index contributed by atoms with van der Waals surface area (Å²) in [6.07, 6.45) is 3.51. The molecule has 0 saturated carbocycles. The van der Waals surface area contributed by atoms with Gasteiger partial charge in [0, 0.05) is 6.42 Å². The Morgan fingerprint density at radius 3 is 2.06 bits per heavy atom. The van der Waals surface area contributed by atoms with Crippen LogP contribution in [0.15, 0.2) is 60.7 Å². The smallest absolute Gasteiger partial charge is 0.408 e. The predicted molar refractivity (Wildman–Crippen MR) is 122 cm³/mol. The van der Waals surface area contributed by atoms with Crippen LogP contribution in [0.2, 0.25) is 0 Å². The number of ether oxygens (including phenoxy) is 1. The fourth-order valence-electron chi connectivity index (χ4n) is 3.27. The number of hydrogen-bond acceptors (Lipinski definition) is 4. The minimum Gasteiger partial charge on any atom is -0.480 e. The maximum atomic E-state index is 12.9. The second kappa shape index (κ2) is 13.9. The number of carboxylic acid groups (broad SMARTS) is 1.